The summed E-state index contributed by atoms with van der Waals surface area (Å²) in [5.41, 5.74) is 1.15. The van der Waals surface area contributed by atoms with Crippen LogP contribution in [0, 0.1) is 0 Å². The Labute approximate surface area is 219 Å². The summed E-state index contributed by atoms with van der Waals surface area (Å²) in [6.45, 7) is 0. The van der Waals surface area contributed by atoms with Crippen molar-refractivity contribution in [3.63, 3.8) is 0 Å². The van der Waals surface area contributed by atoms with Gasteiger partial charge in [0.15, 0.2) is 0 Å². The molecule has 0 bridgehead atoms. The molecule has 0 spiro atoms. The number of hydrogen-bond acceptors (Lipinski definition) is 4. The van der Waals surface area contributed by atoms with Gasteiger partial charge < -0.3 is 10.6 Å². The summed E-state index contributed by atoms with van der Waals surface area (Å²) in [6.07, 6.45) is 0. The molecule has 3 amide bonds. The van der Waals surface area contributed by atoms with Gasteiger partial charge in [-0.25, -0.2) is 4.90 Å². The van der Waals surface area contributed by atoms with Gasteiger partial charge in [0.2, 0.25) is 0 Å². The second kappa shape index (κ2) is 9.86. The summed E-state index contributed by atoms with van der Waals surface area (Å²) in [5, 5.41) is 6.42. The lowest BCUT2D eigenvalue weighted by atomic mass is 10.2. The smallest absolute Gasteiger partial charge is 0.283 e. The number of carbonyl (C=O) groups excluding carboxylic acids is 3. The molecule has 0 radical (unpaired) electrons. The Morgan fingerprint density at radius 3 is 2.06 bits per heavy atom. The lowest BCUT2D eigenvalue weighted by molar-refractivity contribution is -0.120. The highest BCUT2D eigenvalue weighted by molar-refractivity contribution is 6.54. The number of benzene rings is 3. The second-order valence-electron chi connectivity index (χ2n) is 7.01. The van der Waals surface area contributed by atoms with Crippen molar-refractivity contribution in [2.24, 2.45) is 0 Å². The van der Waals surface area contributed by atoms with E-state index in [1.807, 2.05) is 0 Å². The van der Waals surface area contributed by atoms with Crippen LogP contribution in [-0.4, -0.2) is 17.7 Å². The number of rotatable bonds is 5. The topological polar surface area (TPSA) is 78.5 Å². The first-order valence-electron chi connectivity index (χ1n) is 9.53. The Morgan fingerprint density at radius 2 is 1.38 bits per heavy atom. The third-order valence-corrected chi connectivity index (χ3v) is 6.23. The predicted molar refractivity (Wildman–Crippen MR) is 136 cm³/mol. The molecule has 1 heterocycles. The van der Waals surface area contributed by atoms with Gasteiger partial charge in [-0.05, 0) is 60.7 Å². The summed E-state index contributed by atoms with van der Waals surface area (Å²) in [4.78, 5) is 39.0. The van der Waals surface area contributed by atoms with Crippen LogP contribution < -0.4 is 15.5 Å². The van der Waals surface area contributed by atoms with E-state index in [1.54, 1.807) is 24.3 Å². The Bertz CT molecular complexity index is 1370. The van der Waals surface area contributed by atoms with Gasteiger partial charge in [-0.1, -0.05) is 58.0 Å². The van der Waals surface area contributed by atoms with Crippen molar-refractivity contribution in [3.05, 3.63) is 97.0 Å². The molecular weight excluding hydrogens is 544 g/mol. The van der Waals surface area contributed by atoms with Crippen molar-refractivity contribution in [3.8, 4) is 0 Å². The van der Waals surface area contributed by atoms with Crippen LogP contribution in [0.4, 0.5) is 17.1 Å². The zero-order valence-electron chi connectivity index (χ0n) is 16.8. The highest BCUT2D eigenvalue weighted by atomic mass is 35.5. The number of anilines is 3. The Balaban J connectivity index is 1.50. The molecular formula is C23H12Cl5N3O3. The van der Waals surface area contributed by atoms with Crippen LogP contribution in [0.2, 0.25) is 20.1 Å². The average molecular weight is 556 g/mol. The van der Waals surface area contributed by atoms with Gasteiger partial charge in [-0.15, -0.1) is 0 Å². The Kier molecular flexibility index (Phi) is 7.07. The van der Waals surface area contributed by atoms with Gasteiger partial charge in [0.05, 0.1) is 21.4 Å². The fourth-order valence-corrected chi connectivity index (χ4v) is 4.16. The molecule has 1 aliphatic rings. The van der Waals surface area contributed by atoms with Crippen molar-refractivity contribution < 1.29 is 14.4 Å². The van der Waals surface area contributed by atoms with E-state index in [4.69, 9.17) is 58.0 Å². The van der Waals surface area contributed by atoms with Crippen molar-refractivity contribution >= 4 is 92.8 Å². The first kappa shape index (κ1) is 24.4. The van der Waals surface area contributed by atoms with Gasteiger partial charge in [0.25, 0.3) is 17.7 Å². The predicted octanol–water partition coefficient (Wildman–Crippen LogP) is 6.99. The Morgan fingerprint density at radius 1 is 0.735 bits per heavy atom. The molecule has 0 saturated carbocycles. The average Bonchev–Trinajstić information content (AvgIpc) is 3.01. The van der Waals surface area contributed by atoms with Gasteiger partial charge >= 0.3 is 0 Å². The summed E-state index contributed by atoms with van der Waals surface area (Å²) >= 11 is 30.2. The minimum atomic E-state index is -0.742. The molecule has 11 heteroatoms. The summed E-state index contributed by atoms with van der Waals surface area (Å²) in [7, 11) is 0. The van der Waals surface area contributed by atoms with E-state index < -0.39 is 17.7 Å². The first-order valence-corrected chi connectivity index (χ1v) is 11.4. The maximum Gasteiger partial charge on any atom is 0.283 e. The lowest BCUT2D eigenvalue weighted by Crippen LogP contribution is -2.32. The number of nitrogens with one attached hydrogen (secondary N) is 2. The third kappa shape index (κ3) is 4.87. The number of halogens is 5. The van der Waals surface area contributed by atoms with Crippen molar-refractivity contribution in [1.29, 1.82) is 0 Å². The maximum absolute atomic E-state index is 12.9. The second-order valence-corrected chi connectivity index (χ2v) is 9.08. The van der Waals surface area contributed by atoms with Crippen LogP contribution in [0.25, 0.3) is 0 Å². The van der Waals surface area contributed by atoms with Crippen LogP contribution in [-0.2, 0) is 9.59 Å². The molecule has 0 fully saturated rings. The highest BCUT2D eigenvalue weighted by Gasteiger charge is 2.40. The minimum absolute atomic E-state index is 0.118. The molecule has 172 valence electrons. The number of hydrogen-bond donors (Lipinski definition) is 2. The van der Waals surface area contributed by atoms with Gasteiger partial charge in [0.1, 0.15) is 10.7 Å². The van der Waals surface area contributed by atoms with Gasteiger partial charge in [-0.2, -0.15) is 0 Å². The van der Waals surface area contributed by atoms with E-state index in [-0.39, 0.29) is 21.4 Å². The van der Waals surface area contributed by atoms with E-state index in [9.17, 15) is 14.4 Å². The van der Waals surface area contributed by atoms with E-state index in [1.165, 1.54) is 36.4 Å². The number of nitrogens with zero attached hydrogens (tertiary/aromatic N) is 1. The van der Waals surface area contributed by atoms with E-state index in [0.717, 1.165) is 4.90 Å². The lowest BCUT2D eigenvalue weighted by Gasteiger charge is -2.17. The van der Waals surface area contributed by atoms with Crippen LogP contribution in [0.5, 0.6) is 0 Å². The first-order chi connectivity index (χ1) is 16.2. The molecule has 34 heavy (non-hydrogen) atoms. The molecule has 4 rings (SSSR count). The monoisotopic (exact) mass is 553 g/mol. The number of imide groups is 1. The van der Waals surface area contributed by atoms with E-state index >= 15 is 0 Å². The maximum atomic E-state index is 12.9. The van der Waals surface area contributed by atoms with Crippen molar-refractivity contribution in [1.82, 2.24) is 0 Å². The zero-order chi connectivity index (χ0) is 24.6. The van der Waals surface area contributed by atoms with E-state index in [2.05, 4.69) is 10.6 Å². The molecule has 0 saturated heterocycles. The zero-order valence-corrected chi connectivity index (χ0v) is 20.6. The van der Waals surface area contributed by atoms with Crippen molar-refractivity contribution in [2.75, 3.05) is 15.5 Å². The van der Waals surface area contributed by atoms with Gasteiger partial charge in [-0.3, -0.25) is 14.4 Å². The molecule has 0 atom stereocenters. The SMILES string of the molecule is O=C(Nc1ccc(Cl)cc1Cl)c1ccc(NC2=C(Cl)C(=O)N(c3cc(Cl)ccc3Cl)C2=O)cc1. The van der Waals surface area contributed by atoms with E-state index in [0.29, 0.717) is 32.0 Å². The molecule has 3 aromatic rings. The third-order valence-electron chi connectivity index (χ3n) is 4.77. The molecule has 3 aromatic carbocycles. The molecule has 0 aromatic heterocycles. The largest absolute Gasteiger partial charge is 0.350 e. The van der Waals surface area contributed by atoms with Crippen molar-refractivity contribution in [2.45, 2.75) is 0 Å². The van der Waals surface area contributed by atoms with Gasteiger partial charge in [0, 0.05) is 21.3 Å². The molecule has 0 unspecified atom stereocenters. The normalized spacial score (nSPS) is 13.5. The van der Waals surface area contributed by atoms with Crippen LogP contribution in [0.15, 0.2) is 71.4 Å². The molecule has 1 aliphatic heterocycles. The quantitative estimate of drug-likeness (QED) is 0.333. The van der Waals surface area contributed by atoms with Crippen LogP contribution in [0.3, 0.4) is 0 Å². The van der Waals surface area contributed by atoms with Crippen LogP contribution >= 0.6 is 58.0 Å². The number of carbonyl (C=O) groups is 3. The molecule has 0 aliphatic carbocycles. The highest BCUT2D eigenvalue weighted by Crippen LogP contribution is 2.36. The minimum Gasteiger partial charge on any atom is -0.350 e. The van der Waals surface area contributed by atoms with Crippen LogP contribution in [0.1, 0.15) is 10.4 Å². The number of amides is 3. The Hall–Kier alpha value is -2.74. The summed E-state index contributed by atoms with van der Waals surface area (Å²) < 4.78 is 0. The summed E-state index contributed by atoms with van der Waals surface area (Å²) in [6, 6.07) is 15.3. The summed E-state index contributed by atoms with van der Waals surface area (Å²) in [5.74, 6) is -1.84. The standard InChI is InChI=1S/C23H12Cl5N3O3/c24-12-4-8-17(16(27)9-12)30-21(32)11-1-5-14(6-2-11)29-20-19(28)22(33)31(23(20)34)18-10-13(25)3-7-15(18)26/h1-10,29H,(H,30,32). The molecule has 2 N–H and O–H groups in total. The fraction of sp³-hybridized carbons (Fsp3) is 0. The molecule has 6 nitrogen and oxygen atoms in total. The fourth-order valence-electron chi connectivity index (χ4n) is 3.12.